The van der Waals surface area contributed by atoms with Crippen molar-refractivity contribution in [2.45, 2.75) is 25.4 Å². The summed E-state index contributed by atoms with van der Waals surface area (Å²) in [7, 11) is 0. The molecule has 0 unspecified atom stereocenters. The van der Waals surface area contributed by atoms with Crippen LogP contribution in [0.3, 0.4) is 0 Å². The van der Waals surface area contributed by atoms with E-state index in [-0.39, 0.29) is 30.8 Å². The number of nitrogens with two attached hydrogens (primary N) is 2. The molecule has 6 atom stereocenters. The first-order chi connectivity index (χ1) is 19.6. The number of likely N-dealkylation sites (tertiary alicyclic amines) is 2. The number of primary amides is 2. The molecular formula is C29H26N4O8. The molecule has 0 radical (unpaired) electrons. The lowest BCUT2D eigenvalue weighted by Crippen LogP contribution is -2.44. The number of ether oxygens (including phenoxy) is 1. The minimum atomic E-state index is -1.22. The molecule has 2 aliphatic carbocycles. The van der Waals surface area contributed by atoms with Gasteiger partial charge in [0.2, 0.25) is 23.6 Å². The van der Waals surface area contributed by atoms with Crippen molar-refractivity contribution in [2.24, 2.45) is 41.1 Å². The molecule has 2 aliphatic heterocycles. The third-order valence-corrected chi connectivity index (χ3v) is 8.67. The predicted molar refractivity (Wildman–Crippen MR) is 139 cm³/mol. The Morgan fingerprint density at radius 3 is 2.10 bits per heavy atom. The summed E-state index contributed by atoms with van der Waals surface area (Å²) in [5, 5.41) is 11.2. The Hall–Kier alpha value is -5.00. The van der Waals surface area contributed by atoms with Crippen LogP contribution in [0.15, 0.2) is 60.2 Å². The van der Waals surface area contributed by atoms with Gasteiger partial charge in [0.25, 0.3) is 0 Å². The van der Waals surface area contributed by atoms with Crippen LogP contribution in [0, 0.1) is 29.6 Å². The molecule has 2 aromatic carbocycles. The molecule has 2 aromatic rings. The number of hydrogen-bond donors (Lipinski definition) is 3. The number of amides is 8. The van der Waals surface area contributed by atoms with E-state index in [2.05, 4.69) is 0 Å². The van der Waals surface area contributed by atoms with Crippen LogP contribution in [0.1, 0.15) is 29.9 Å². The number of imide groups is 6. The van der Waals surface area contributed by atoms with Crippen LogP contribution in [0.25, 0.3) is 0 Å². The number of rotatable bonds is 4. The molecule has 41 heavy (non-hydrogen) atoms. The van der Waals surface area contributed by atoms with Crippen LogP contribution in [-0.4, -0.2) is 50.6 Å². The molecule has 6 rings (SSSR count). The Morgan fingerprint density at radius 1 is 0.829 bits per heavy atom. The van der Waals surface area contributed by atoms with Crippen molar-refractivity contribution in [3.63, 3.8) is 0 Å². The van der Waals surface area contributed by atoms with Gasteiger partial charge in [0.05, 0.1) is 23.7 Å². The van der Waals surface area contributed by atoms with E-state index in [0.29, 0.717) is 21.1 Å². The predicted octanol–water partition coefficient (Wildman–Crippen LogP) is 1.76. The first-order valence-electron chi connectivity index (χ1n) is 13.1. The molecule has 12 nitrogen and oxygen atoms in total. The number of aromatic hydroxyl groups is 1. The number of carbonyl (C=O) groups is 6. The highest BCUT2D eigenvalue weighted by Gasteiger charge is 2.63. The highest BCUT2D eigenvalue weighted by molar-refractivity contribution is 6.18. The summed E-state index contributed by atoms with van der Waals surface area (Å²) < 4.78 is 5.82. The van der Waals surface area contributed by atoms with E-state index in [4.69, 9.17) is 16.2 Å². The molecule has 4 aliphatic rings. The van der Waals surface area contributed by atoms with Gasteiger partial charge in [-0.1, -0.05) is 48.0 Å². The second-order valence-corrected chi connectivity index (χ2v) is 10.7. The van der Waals surface area contributed by atoms with Gasteiger partial charge >= 0.3 is 12.1 Å². The van der Waals surface area contributed by atoms with Gasteiger partial charge in [-0.2, -0.15) is 9.80 Å². The molecule has 0 spiro atoms. The Balaban J connectivity index is 1.40. The first-order valence-corrected chi connectivity index (χ1v) is 13.1. The number of urea groups is 2. The second kappa shape index (κ2) is 9.58. The molecule has 1 saturated carbocycles. The van der Waals surface area contributed by atoms with E-state index in [0.717, 1.165) is 5.56 Å². The number of phenolic OH excluding ortho intramolecular Hbond substituents is 1. The van der Waals surface area contributed by atoms with E-state index in [9.17, 15) is 33.9 Å². The maximum absolute atomic E-state index is 13.5. The normalized spacial score (nSPS) is 28.6. The van der Waals surface area contributed by atoms with Crippen molar-refractivity contribution in [3.8, 4) is 11.5 Å². The monoisotopic (exact) mass is 558 g/mol. The van der Waals surface area contributed by atoms with E-state index in [1.165, 1.54) is 6.07 Å². The highest BCUT2D eigenvalue weighted by atomic mass is 16.5. The minimum absolute atomic E-state index is 0.0207. The highest BCUT2D eigenvalue weighted by Crippen LogP contribution is 2.58. The lowest BCUT2D eigenvalue weighted by atomic mass is 9.57. The van der Waals surface area contributed by atoms with Gasteiger partial charge in [-0.25, -0.2) is 9.59 Å². The summed E-state index contributed by atoms with van der Waals surface area (Å²) in [6.07, 6.45) is 1.80. The zero-order valence-electron chi connectivity index (χ0n) is 21.6. The Labute approximate surface area is 233 Å². The topological polar surface area (TPSA) is 190 Å². The van der Waals surface area contributed by atoms with Gasteiger partial charge < -0.3 is 21.3 Å². The maximum Gasteiger partial charge on any atom is 0.328 e. The summed E-state index contributed by atoms with van der Waals surface area (Å²) in [4.78, 5) is 77.7. The molecule has 8 amide bonds. The lowest BCUT2D eigenvalue weighted by Gasteiger charge is -2.44. The quantitative estimate of drug-likeness (QED) is 0.373. The number of allylic oxidation sites excluding steroid dienone is 2. The fourth-order valence-electron chi connectivity index (χ4n) is 6.99. The number of carbonyl (C=O) groups excluding carboxylic acids is 6. The number of fused-ring (bicyclic) bond motifs is 4. The molecule has 12 heteroatoms. The van der Waals surface area contributed by atoms with Gasteiger partial charge in [-0.15, -0.1) is 0 Å². The van der Waals surface area contributed by atoms with Crippen molar-refractivity contribution >= 4 is 35.7 Å². The smallest absolute Gasteiger partial charge is 0.328 e. The molecule has 0 aromatic heterocycles. The summed E-state index contributed by atoms with van der Waals surface area (Å²) in [5.74, 6) is -8.52. The van der Waals surface area contributed by atoms with Crippen molar-refractivity contribution in [2.75, 3.05) is 0 Å². The molecule has 2 saturated heterocycles. The van der Waals surface area contributed by atoms with Crippen molar-refractivity contribution in [3.05, 3.63) is 71.3 Å². The largest absolute Gasteiger partial charge is 0.508 e. The van der Waals surface area contributed by atoms with Crippen molar-refractivity contribution in [1.29, 1.82) is 0 Å². The Kier molecular flexibility index (Phi) is 6.13. The van der Waals surface area contributed by atoms with Gasteiger partial charge in [0.15, 0.2) is 0 Å². The zero-order chi connectivity index (χ0) is 29.2. The average Bonchev–Trinajstić information content (AvgIpc) is 3.35. The van der Waals surface area contributed by atoms with E-state index < -0.39 is 71.2 Å². The van der Waals surface area contributed by atoms with Gasteiger partial charge in [0, 0.05) is 17.5 Å². The van der Waals surface area contributed by atoms with Gasteiger partial charge in [-0.3, -0.25) is 19.2 Å². The van der Waals surface area contributed by atoms with E-state index in [1.54, 1.807) is 18.2 Å². The summed E-state index contributed by atoms with van der Waals surface area (Å²) in [5.41, 5.74) is 12.5. The van der Waals surface area contributed by atoms with Gasteiger partial charge in [-0.05, 0) is 30.4 Å². The first kappa shape index (κ1) is 26.2. The number of benzene rings is 2. The number of nitrogens with zero attached hydrogens (tertiary/aromatic N) is 2. The summed E-state index contributed by atoms with van der Waals surface area (Å²) >= 11 is 0. The third-order valence-electron chi connectivity index (χ3n) is 8.67. The summed E-state index contributed by atoms with van der Waals surface area (Å²) in [6.45, 7) is 0.247. The van der Waals surface area contributed by atoms with Crippen LogP contribution in [0.5, 0.6) is 11.5 Å². The van der Waals surface area contributed by atoms with E-state index in [1.807, 2.05) is 30.3 Å². The Bertz CT molecular complexity index is 1550. The molecular weight excluding hydrogens is 532 g/mol. The minimum Gasteiger partial charge on any atom is -0.508 e. The van der Waals surface area contributed by atoms with Crippen LogP contribution in [0.4, 0.5) is 9.59 Å². The van der Waals surface area contributed by atoms with Crippen molar-refractivity contribution < 1.29 is 38.6 Å². The van der Waals surface area contributed by atoms with Crippen LogP contribution < -0.4 is 16.2 Å². The third kappa shape index (κ3) is 3.97. The number of phenols is 1. The van der Waals surface area contributed by atoms with Crippen LogP contribution in [0.2, 0.25) is 0 Å². The SMILES string of the molecule is NC(=O)N1C(=O)[C@H]2[C@H](CC=C3[C@H]2C[C@H]2C(=O)N(C(N)=O)C(=O)[C@H]2[C@H]3c2ccc(OCc3ccccc3)cc2O)C1=O. The summed E-state index contributed by atoms with van der Waals surface area (Å²) in [6, 6.07) is 11.6. The fourth-order valence-corrected chi connectivity index (χ4v) is 6.99. The standard InChI is InChI=1S/C29H26N4O8/c30-28(39)32-24(35)17-9-8-15-18(22(17)26(32)37)11-19-23(27(38)33(25(19)36)29(31)40)21(15)16-7-6-14(10-20(16)34)41-12-13-4-2-1-3-5-13/h1-8,10,17-19,21-23,34H,9,11-12H2,(H2,30,39)(H2,31,40)/t17-,18+,19+,21+,22-,23+/m0/s1. The van der Waals surface area contributed by atoms with Crippen molar-refractivity contribution in [1.82, 2.24) is 9.80 Å². The molecule has 3 fully saturated rings. The molecule has 2 heterocycles. The lowest BCUT2D eigenvalue weighted by molar-refractivity contribution is -0.138. The molecule has 0 bridgehead atoms. The van der Waals surface area contributed by atoms with Gasteiger partial charge in [0.1, 0.15) is 18.1 Å². The Morgan fingerprint density at radius 2 is 1.46 bits per heavy atom. The average molecular weight is 559 g/mol. The fraction of sp³-hybridized carbons (Fsp3) is 0.310. The molecule has 210 valence electrons. The van der Waals surface area contributed by atoms with E-state index >= 15 is 0 Å². The molecule has 5 N–H and O–H groups in total. The second-order valence-electron chi connectivity index (χ2n) is 10.7. The van der Waals surface area contributed by atoms with Crippen LogP contribution >= 0.6 is 0 Å². The zero-order valence-corrected chi connectivity index (χ0v) is 21.6. The van der Waals surface area contributed by atoms with Crippen LogP contribution in [-0.2, 0) is 25.8 Å². The number of hydrogen-bond acceptors (Lipinski definition) is 8. The maximum atomic E-state index is 13.5.